The van der Waals surface area contributed by atoms with Gasteiger partial charge in [0.05, 0.1) is 30.4 Å². The van der Waals surface area contributed by atoms with Crippen LogP contribution in [0.3, 0.4) is 0 Å². The van der Waals surface area contributed by atoms with Gasteiger partial charge < -0.3 is 10.2 Å². The van der Waals surface area contributed by atoms with Crippen molar-refractivity contribution in [2.45, 2.75) is 45.2 Å². The van der Waals surface area contributed by atoms with E-state index in [1.54, 1.807) is 19.1 Å². The van der Waals surface area contributed by atoms with Gasteiger partial charge in [-0.05, 0) is 49.4 Å². The molecule has 7 heteroatoms. The number of fused-ring (bicyclic) bond motifs is 1. The minimum atomic E-state index is -0.497. The van der Waals surface area contributed by atoms with Gasteiger partial charge in [-0.2, -0.15) is 5.10 Å². The van der Waals surface area contributed by atoms with Gasteiger partial charge in [-0.3, -0.25) is 14.3 Å². The van der Waals surface area contributed by atoms with Crippen molar-refractivity contribution in [3.8, 4) is 0 Å². The zero-order valence-corrected chi connectivity index (χ0v) is 18.6. The first kappa shape index (κ1) is 21.4. The van der Waals surface area contributed by atoms with Crippen molar-refractivity contribution < 1.29 is 14.0 Å². The maximum atomic E-state index is 14.4. The first-order valence-electron chi connectivity index (χ1n) is 11.4. The van der Waals surface area contributed by atoms with E-state index < -0.39 is 11.7 Å². The Morgan fingerprint density at radius 1 is 1.21 bits per heavy atom. The number of aryl methyl sites for hydroxylation is 1. The Morgan fingerprint density at radius 3 is 2.82 bits per heavy atom. The van der Waals surface area contributed by atoms with Gasteiger partial charge in [-0.15, -0.1) is 0 Å². The average molecular weight is 447 g/mol. The number of hydrogen-bond donors (Lipinski definition) is 1. The summed E-state index contributed by atoms with van der Waals surface area (Å²) in [5, 5.41) is 7.74. The Hall–Kier alpha value is -3.48. The molecule has 1 saturated heterocycles. The van der Waals surface area contributed by atoms with Crippen molar-refractivity contribution in [2.75, 3.05) is 11.4 Å². The normalized spacial score (nSPS) is 20.1. The smallest absolute Gasteiger partial charge is 0.227 e. The summed E-state index contributed by atoms with van der Waals surface area (Å²) in [5.74, 6) is -1.32. The maximum absolute atomic E-state index is 14.4. The number of amides is 2. The van der Waals surface area contributed by atoms with E-state index in [-0.39, 0.29) is 36.5 Å². The Balaban J connectivity index is 1.28. The summed E-state index contributed by atoms with van der Waals surface area (Å²) in [6.45, 7) is 2.69. The number of anilines is 1. The summed E-state index contributed by atoms with van der Waals surface area (Å²) in [5.41, 5.74) is 4.42. The highest BCUT2D eigenvalue weighted by Gasteiger charge is 2.37. The standard InChI is InChI=1S/C26H27FN4O2/c1-17-10-11-24(21(27)12-17)30-16-19(13-25(30)32)26(33)29-22-8-5-9-23-20(22)14-28-31(23)15-18-6-3-2-4-7-18/h2-4,6-7,10-12,14,19,22H,5,8-9,13,15-16H2,1H3,(H,29,33). The van der Waals surface area contributed by atoms with Gasteiger partial charge in [-0.1, -0.05) is 36.4 Å². The zero-order valence-electron chi connectivity index (χ0n) is 18.6. The topological polar surface area (TPSA) is 67.2 Å². The lowest BCUT2D eigenvalue weighted by atomic mass is 9.92. The van der Waals surface area contributed by atoms with E-state index in [1.807, 2.05) is 29.1 Å². The highest BCUT2D eigenvalue weighted by Crippen LogP contribution is 2.32. The Kier molecular flexibility index (Phi) is 5.70. The van der Waals surface area contributed by atoms with Crippen LogP contribution >= 0.6 is 0 Å². The summed E-state index contributed by atoms with van der Waals surface area (Å²) in [6.07, 6.45) is 4.68. The van der Waals surface area contributed by atoms with E-state index >= 15 is 0 Å². The van der Waals surface area contributed by atoms with E-state index in [0.29, 0.717) is 6.54 Å². The fraction of sp³-hybridized carbons (Fsp3) is 0.346. The number of halogens is 1. The van der Waals surface area contributed by atoms with E-state index in [4.69, 9.17) is 0 Å². The number of aromatic nitrogens is 2. The third kappa shape index (κ3) is 4.27. The third-order valence-electron chi connectivity index (χ3n) is 6.64. The summed E-state index contributed by atoms with van der Waals surface area (Å²) < 4.78 is 16.4. The predicted octanol–water partition coefficient (Wildman–Crippen LogP) is 3.93. The number of rotatable bonds is 5. The molecule has 5 rings (SSSR count). The molecule has 2 aromatic carbocycles. The van der Waals surface area contributed by atoms with Crippen LogP contribution in [0.5, 0.6) is 0 Å². The number of nitrogens with zero attached hydrogens (tertiary/aromatic N) is 3. The van der Waals surface area contributed by atoms with Crippen molar-refractivity contribution in [1.29, 1.82) is 0 Å². The van der Waals surface area contributed by atoms with E-state index in [9.17, 15) is 14.0 Å². The van der Waals surface area contributed by atoms with Crippen LogP contribution in [0, 0.1) is 18.7 Å². The zero-order chi connectivity index (χ0) is 22.9. The van der Waals surface area contributed by atoms with Gasteiger partial charge in [-0.25, -0.2) is 4.39 Å². The molecular weight excluding hydrogens is 419 g/mol. The minimum absolute atomic E-state index is 0.0893. The molecule has 2 heterocycles. The van der Waals surface area contributed by atoms with Crippen molar-refractivity contribution in [2.24, 2.45) is 5.92 Å². The molecule has 0 radical (unpaired) electrons. The molecule has 3 aromatic rings. The van der Waals surface area contributed by atoms with E-state index in [0.717, 1.165) is 36.1 Å². The Bertz CT molecular complexity index is 1190. The molecule has 0 spiro atoms. The third-order valence-corrected chi connectivity index (χ3v) is 6.64. The number of nitrogens with one attached hydrogen (secondary N) is 1. The van der Waals surface area contributed by atoms with Gasteiger partial charge >= 0.3 is 0 Å². The van der Waals surface area contributed by atoms with Crippen molar-refractivity contribution in [3.63, 3.8) is 0 Å². The highest BCUT2D eigenvalue weighted by atomic mass is 19.1. The van der Waals surface area contributed by atoms with Crippen LogP contribution in [0.1, 0.15) is 47.7 Å². The molecule has 1 N–H and O–H groups in total. The van der Waals surface area contributed by atoms with Gasteiger partial charge in [0.15, 0.2) is 0 Å². The molecule has 6 nitrogen and oxygen atoms in total. The van der Waals surface area contributed by atoms with Crippen molar-refractivity contribution >= 4 is 17.5 Å². The Morgan fingerprint density at radius 2 is 2.03 bits per heavy atom. The van der Waals surface area contributed by atoms with Crippen LogP contribution in [0.15, 0.2) is 54.7 Å². The van der Waals surface area contributed by atoms with Gasteiger partial charge in [0.25, 0.3) is 0 Å². The molecule has 1 fully saturated rings. The molecule has 2 amide bonds. The van der Waals surface area contributed by atoms with Gasteiger partial charge in [0, 0.05) is 24.2 Å². The molecule has 170 valence electrons. The Labute approximate surface area is 192 Å². The van der Waals surface area contributed by atoms with Gasteiger partial charge in [0.1, 0.15) is 5.82 Å². The molecule has 2 unspecified atom stereocenters. The minimum Gasteiger partial charge on any atom is -0.349 e. The average Bonchev–Trinajstić information content (AvgIpc) is 3.39. The summed E-state index contributed by atoms with van der Waals surface area (Å²) in [6, 6.07) is 14.9. The molecule has 0 bridgehead atoms. The SMILES string of the molecule is Cc1ccc(N2CC(C(=O)NC3CCCc4c3cnn4Cc3ccccc3)CC2=O)c(F)c1. The molecule has 1 aliphatic carbocycles. The molecule has 33 heavy (non-hydrogen) atoms. The number of carbonyl (C=O) groups excluding carboxylic acids is 2. The molecular formula is C26H27FN4O2. The summed E-state index contributed by atoms with van der Waals surface area (Å²) in [4.78, 5) is 27.0. The van der Waals surface area contributed by atoms with Gasteiger partial charge in [0.2, 0.25) is 11.8 Å². The monoisotopic (exact) mass is 446 g/mol. The predicted molar refractivity (Wildman–Crippen MR) is 123 cm³/mol. The lowest BCUT2D eigenvalue weighted by Gasteiger charge is -2.25. The second kappa shape index (κ2) is 8.81. The second-order valence-corrected chi connectivity index (χ2v) is 9.00. The first-order valence-corrected chi connectivity index (χ1v) is 11.4. The number of hydrogen-bond acceptors (Lipinski definition) is 3. The lowest BCUT2D eigenvalue weighted by molar-refractivity contribution is -0.127. The quantitative estimate of drug-likeness (QED) is 0.646. The molecule has 2 aliphatic rings. The van der Waals surface area contributed by atoms with Crippen LogP contribution in [0.2, 0.25) is 0 Å². The fourth-order valence-corrected chi connectivity index (χ4v) is 4.90. The number of carbonyl (C=O) groups is 2. The summed E-state index contributed by atoms with van der Waals surface area (Å²) >= 11 is 0. The summed E-state index contributed by atoms with van der Waals surface area (Å²) in [7, 11) is 0. The fourth-order valence-electron chi connectivity index (χ4n) is 4.90. The second-order valence-electron chi connectivity index (χ2n) is 9.00. The van der Waals surface area contributed by atoms with Crippen LogP contribution in [-0.4, -0.2) is 28.1 Å². The largest absolute Gasteiger partial charge is 0.349 e. The van der Waals surface area contributed by atoms with Crippen molar-refractivity contribution in [3.05, 3.63) is 82.9 Å². The molecule has 0 saturated carbocycles. The molecule has 2 atom stereocenters. The van der Waals surface area contributed by atoms with Crippen LogP contribution in [0.4, 0.5) is 10.1 Å². The van der Waals surface area contributed by atoms with Crippen LogP contribution in [0.25, 0.3) is 0 Å². The molecule has 1 aromatic heterocycles. The molecule has 1 aliphatic heterocycles. The number of benzene rings is 2. The van der Waals surface area contributed by atoms with Crippen molar-refractivity contribution in [1.82, 2.24) is 15.1 Å². The van der Waals surface area contributed by atoms with E-state index in [2.05, 4.69) is 22.5 Å². The van der Waals surface area contributed by atoms with E-state index in [1.165, 1.54) is 16.5 Å². The maximum Gasteiger partial charge on any atom is 0.227 e. The van der Waals surface area contributed by atoms with Crippen LogP contribution < -0.4 is 10.2 Å². The lowest BCUT2D eigenvalue weighted by Crippen LogP contribution is -2.37. The first-order chi connectivity index (χ1) is 16.0. The highest BCUT2D eigenvalue weighted by molar-refractivity contribution is 6.00. The van der Waals surface area contributed by atoms with Crippen LogP contribution in [-0.2, 0) is 22.6 Å².